The fraction of sp³-hybridized carbons (Fsp3) is 0.467. The zero-order valence-electron chi connectivity index (χ0n) is 10.9. The minimum Gasteiger partial charge on any atom is -0.472 e. The van der Waals surface area contributed by atoms with Crippen molar-refractivity contribution < 1.29 is 4.42 Å². The summed E-state index contributed by atoms with van der Waals surface area (Å²) in [6, 6.07) is 6.14. The van der Waals surface area contributed by atoms with E-state index in [-0.39, 0.29) is 5.41 Å². The highest BCUT2D eigenvalue weighted by molar-refractivity contribution is 5.56. The second kappa shape index (κ2) is 4.17. The number of hydrogen-bond donors (Lipinski definition) is 0. The molecule has 2 saturated heterocycles. The normalized spacial score (nSPS) is 29.6. The first-order valence-corrected chi connectivity index (χ1v) is 6.95. The van der Waals surface area contributed by atoms with Gasteiger partial charge in [0.1, 0.15) is 0 Å². The smallest absolute Gasteiger partial charge is 0.0997 e. The fourth-order valence-electron chi connectivity index (χ4n) is 3.51. The molecule has 2 aromatic rings. The largest absolute Gasteiger partial charge is 0.472 e. The second-order valence-electron chi connectivity index (χ2n) is 5.73. The maximum atomic E-state index is 5.09. The number of furan rings is 1. The molecule has 0 spiro atoms. The molecule has 2 aromatic heterocycles. The van der Waals surface area contributed by atoms with Crippen molar-refractivity contribution in [3.8, 4) is 11.3 Å². The highest BCUT2D eigenvalue weighted by atomic mass is 16.3. The lowest BCUT2D eigenvalue weighted by Crippen LogP contribution is -2.37. The second-order valence-corrected chi connectivity index (χ2v) is 5.73. The quantitative estimate of drug-likeness (QED) is 0.826. The Morgan fingerprint density at radius 1 is 1.11 bits per heavy atom. The van der Waals surface area contributed by atoms with E-state index in [9.17, 15) is 0 Å². The van der Waals surface area contributed by atoms with Crippen LogP contribution < -0.4 is 0 Å². The van der Waals surface area contributed by atoms with Crippen LogP contribution in [0.5, 0.6) is 0 Å². The number of aromatic nitrogens is 2. The summed E-state index contributed by atoms with van der Waals surface area (Å²) in [6.45, 7) is 3.63. The van der Waals surface area contributed by atoms with Gasteiger partial charge in [0.25, 0.3) is 0 Å². The van der Waals surface area contributed by atoms with E-state index in [1.54, 1.807) is 12.5 Å². The van der Waals surface area contributed by atoms with Gasteiger partial charge in [0.05, 0.1) is 23.9 Å². The molecule has 2 atom stereocenters. The zero-order chi connectivity index (χ0) is 12.7. The average molecular weight is 255 g/mol. The number of nitrogens with zero attached hydrogens (tertiary/aromatic N) is 3. The molecule has 0 saturated carbocycles. The van der Waals surface area contributed by atoms with E-state index >= 15 is 0 Å². The van der Waals surface area contributed by atoms with Crippen molar-refractivity contribution in [2.75, 3.05) is 19.6 Å². The first-order chi connectivity index (χ1) is 9.36. The van der Waals surface area contributed by atoms with Gasteiger partial charge in [-0.05, 0) is 50.6 Å². The molecule has 4 nitrogen and oxygen atoms in total. The van der Waals surface area contributed by atoms with Crippen molar-refractivity contribution in [2.24, 2.45) is 0 Å². The fourth-order valence-corrected chi connectivity index (χ4v) is 3.51. The van der Waals surface area contributed by atoms with Gasteiger partial charge in [0.2, 0.25) is 0 Å². The Morgan fingerprint density at radius 2 is 2.11 bits per heavy atom. The molecule has 98 valence electrons. The summed E-state index contributed by atoms with van der Waals surface area (Å²) in [5.74, 6) is 0. The number of rotatable bonds is 2. The molecule has 0 N–H and O–H groups in total. The maximum absolute atomic E-state index is 5.09. The molecule has 4 heterocycles. The van der Waals surface area contributed by atoms with E-state index < -0.39 is 0 Å². The van der Waals surface area contributed by atoms with E-state index in [1.165, 1.54) is 38.0 Å². The summed E-state index contributed by atoms with van der Waals surface area (Å²) >= 11 is 0. The molecule has 2 bridgehead atoms. The molecule has 2 aliphatic heterocycles. The van der Waals surface area contributed by atoms with Crippen LogP contribution in [0.15, 0.2) is 35.1 Å². The van der Waals surface area contributed by atoms with Crippen molar-refractivity contribution in [1.29, 1.82) is 0 Å². The first-order valence-electron chi connectivity index (χ1n) is 6.95. The van der Waals surface area contributed by atoms with Crippen molar-refractivity contribution >= 4 is 0 Å². The zero-order valence-corrected chi connectivity index (χ0v) is 10.9. The Balaban J connectivity index is 1.66. The molecule has 4 rings (SSSR count). The molecular formula is C15H17N3O. The molecule has 2 fully saturated rings. The van der Waals surface area contributed by atoms with Crippen molar-refractivity contribution in [2.45, 2.75) is 24.7 Å². The van der Waals surface area contributed by atoms with E-state index in [0.29, 0.717) is 0 Å². The van der Waals surface area contributed by atoms with E-state index in [4.69, 9.17) is 4.42 Å². The summed E-state index contributed by atoms with van der Waals surface area (Å²) in [5.41, 5.74) is 3.31. The van der Waals surface area contributed by atoms with Crippen molar-refractivity contribution in [1.82, 2.24) is 15.1 Å². The summed E-state index contributed by atoms with van der Waals surface area (Å²) in [4.78, 5) is 2.55. The van der Waals surface area contributed by atoms with Gasteiger partial charge < -0.3 is 9.32 Å². The Labute approximate surface area is 112 Å². The van der Waals surface area contributed by atoms with E-state index in [1.807, 2.05) is 6.07 Å². The maximum Gasteiger partial charge on any atom is 0.0997 e. The van der Waals surface area contributed by atoms with E-state index in [0.717, 1.165) is 17.8 Å². The number of piperidine rings is 1. The summed E-state index contributed by atoms with van der Waals surface area (Å²) < 4.78 is 5.09. The third kappa shape index (κ3) is 1.78. The molecule has 0 amide bonds. The lowest BCUT2D eigenvalue weighted by atomic mass is 9.78. The third-order valence-electron chi connectivity index (χ3n) is 4.59. The molecule has 19 heavy (non-hydrogen) atoms. The van der Waals surface area contributed by atoms with Crippen LogP contribution in [-0.2, 0) is 5.41 Å². The highest BCUT2D eigenvalue weighted by Gasteiger charge is 2.43. The van der Waals surface area contributed by atoms with E-state index in [2.05, 4.69) is 27.2 Å². The van der Waals surface area contributed by atoms with Gasteiger partial charge in [0, 0.05) is 17.5 Å². The Morgan fingerprint density at radius 3 is 2.89 bits per heavy atom. The van der Waals surface area contributed by atoms with Crippen LogP contribution >= 0.6 is 0 Å². The Bertz CT molecular complexity index is 560. The lowest BCUT2D eigenvalue weighted by Gasteiger charge is -2.33. The van der Waals surface area contributed by atoms with Crippen LogP contribution in [0.4, 0.5) is 0 Å². The monoisotopic (exact) mass is 255 g/mol. The minimum absolute atomic E-state index is 0.264. The van der Waals surface area contributed by atoms with Gasteiger partial charge in [-0.25, -0.2) is 0 Å². The molecule has 2 aliphatic rings. The van der Waals surface area contributed by atoms with Gasteiger partial charge in [-0.2, -0.15) is 10.2 Å². The van der Waals surface area contributed by atoms with Crippen LogP contribution in [0.1, 0.15) is 25.0 Å². The van der Waals surface area contributed by atoms with Crippen LogP contribution in [0.2, 0.25) is 0 Å². The number of fused-ring (bicyclic) bond motifs is 2. The molecule has 2 unspecified atom stereocenters. The first kappa shape index (κ1) is 11.2. The summed E-state index contributed by atoms with van der Waals surface area (Å²) in [5, 5.41) is 8.89. The molecular weight excluding hydrogens is 238 g/mol. The standard InChI is InChI=1S/C15H17N3O/c1-5-15(6-8-18(7-1)11-15)14-3-2-13(16-17-14)12-4-9-19-10-12/h2-4,9-10H,1,5-8,11H2. The molecule has 0 radical (unpaired) electrons. The van der Waals surface area contributed by atoms with Gasteiger partial charge in [-0.3, -0.25) is 0 Å². The lowest BCUT2D eigenvalue weighted by molar-refractivity contribution is 0.239. The molecule has 4 heteroatoms. The summed E-state index contributed by atoms with van der Waals surface area (Å²) in [6.07, 6.45) is 7.14. The predicted octanol–water partition coefficient (Wildman–Crippen LogP) is 2.47. The van der Waals surface area contributed by atoms with Crippen molar-refractivity contribution in [3.63, 3.8) is 0 Å². The van der Waals surface area contributed by atoms with Crippen LogP contribution in [0.25, 0.3) is 11.3 Å². The van der Waals surface area contributed by atoms with Gasteiger partial charge >= 0.3 is 0 Å². The van der Waals surface area contributed by atoms with Crippen LogP contribution in [0, 0.1) is 0 Å². The van der Waals surface area contributed by atoms with Crippen LogP contribution in [-0.4, -0.2) is 34.7 Å². The topological polar surface area (TPSA) is 42.2 Å². The number of hydrogen-bond acceptors (Lipinski definition) is 4. The minimum atomic E-state index is 0.264. The van der Waals surface area contributed by atoms with Crippen molar-refractivity contribution in [3.05, 3.63) is 36.4 Å². The SMILES string of the molecule is c1cc(-c2ccc(C34CCCN(CC3)C4)nn2)co1. The van der Waals surface area contributed by atoms with Gasteiger partial charge in [-0.1, -0.05) is 0 Å². The van der Waals surface area contributed by atoms with Gasteiger partial charge in [0.15, 0.2) is 0 Å². The highest BCUT2D eigenvalue weighted by Crippen LogP contribution is 2.41. The molecule has 0 aliphatic carbocycles. The average Bonchev–Trinajstić information content (AvgIpc) is 3.09. The molecule has 0 aromatic carbocycles. The van der Waals surface area contributed by atoms with Gasteiger partial charge in [-0.15, -0.1) is 0 Å². The summed E-state index contributed by atoms with van der Waals surface area (Å²) in [7, 11) is 0. The Kier molecular flexibility index (Phi) is 2.45. The predicted molar refractivity (Wildman–Crippen MR) is 71.7 cm³/mol. The third-order valence-corrected chi connectivity index (χ3v) is 4.59. The van der Waals surface area contributed by atoms with Crippen LogP contribution in [0.3, 0.4) is 0 Å². The Hall–Kier alpha value is -1.68.